The van der Waals surface area contributed by atoms with Gasteiger partial charge in [-0.15, -0.1) is 13.2 Å². The highest BCUT2D eigenvalue weighted by molar-refractivity contribution is 5.97. The van der Waals surface area contributed by atoms with E-state index < -0.39 is 0 Å². The minimum atomic E-state index is -0.169. The number of amides is 1. The molecule has 16 heavy (non-hydrogen) atoms. The number of hydrogen-bond acceptors (Lipinski definition) is 3. The Hall–Kier alpha value is -2.04. The molecular formula is C11H16N4O. The maximum absolute atomic E-state index is 12.1. The van der Waals surface area contributed by atoms with Crippen LogP contribution in [0.25, 0.3) is 0 Å². The van der Waals surface area contributed by atoms with Crippen molar-refractivity contribution in [1.29, 1.82) is 0 Å². The highest BCUT2D eigenvalue weighted by Crippen LogP contribution is 2.12. The molecule has 1 heterocycles. The van der Waals surface area contributed by atoms with Gasteiger partial charge in [0.2, 0.25) is 0 Å². The Balaban J connectivity index is 2.98. The van der Waals surface area contributed by atoms with Gasteiger partial charge in [-0.25, -0.2) is 0 Å². The van der Waals surface area contributed by atoms with Gasteiger partial charge in [0, 0.05) is 20.1 Å². The van der Waals surface area contributed by atoms with Crippen LogP contribution in [0, 0.1) is 0 Å². The van der Waals surface area contributed by atoms with Crippen LogP contribution in [0.3, 0.4) is 0 Å². The van der Waals surface area contributed by atoms with Crippen LogP contribution in [-0.4, -0.2) is 33.7 Å². The summed E-state index contributed by atoms with van der Waals surface area (Å²) in [6.45, 7) is 8.13. The first-order chi connectivity index (χ1) is 7.61. The van der Waals surface area contributed by atoms with Crippen LogP contribution < -0.4 is 5.73 Å². The van der Waals surface area contributed by atoms with Crippen molar-refractivity contribution in [3.63, 3.8) is 0 Å². The number of nitrogen functional groups attached to an aromatic ring is 1. The summed E-state index contributed by atoms with van der Waals surface area (Å²) < 4.78 is 1.47. The van der Waals surface area contributed by atoms with E-state index in [1.165, 1.54) is 10.9 Å². The highest BCUT2D eigenvalue weighted by Gasteiger charge is 2.19. The molecule has 0 atom stereocenters. The van der Waals surface area contributed by atoms with Gasteiger partial charge in [0.05, 0.1) is 11.9 Å². The number of carbonyl (C=O) groups is 1. The zero-order valence-electron chi connectivity index (χ0n) is 9.39. The highest BCUT2D eigenvalue weighted by atomic mass is 16.2. The third kappa shape index (κ3) is 2.31. The molecule has 0 fully saturated rings. The zero-order chi connectivity index (χ0) is 12.1. The van der Waals surface area contributed by atoms with Crippen LogP contribution >= 0.6 is 0 Å². The molecule has 0 saturated heterocycles. The predicted molar refractivity (Wildman–Crippen MR) is 63.9 cm³/mol. The first-order valence-corrected chi connectivity index (χ1v) is 4.90. The second-order valence-electron chi connectivity index (χ2n) is 3.36. The number of rotatable bonds is 5. The van der Waals surface area contributed by atoms with E-state index in [-0.39, 0.29) is 5.91 Å². The molecule has 5 heteroatoms. The van der Waals surface area contributed by atoms with Crippen LogP contribution in [0.1, 0.15) is 10.5 Å². The molecule has 1 aromatic rings. The normalized spacial score (nSPS) is 9.81. The number of anilines is 1. The minimum Gasteiger partial charge on any atom is -0.396 e. The molecule has 0 saturated carbocycles. The molecule has 0 aliphatic carbocycles. The zero-order valence-corrected chi connectivity index (χ0v) is 9.39. The van der Waals surface area contributed by atoms with Crippen molar-refractivity contribution in [2.45, 2.75) is 0 Å². The van der Waals surface area contributed by atoms with Gasteiger partial charge in [-0.05, 0) is 0 Å². The summed E-state index contributed by atoms with van der Waals surface area (Å²) in [7, 11) is 1.68. The Morgan fingerprint density at radius 1 is 1.56 bits per heavy atom. The van der Waals surface area contributed by atoms with Gasteiger partial charge in [0.15, 0.2) is 0 Å². The van der Waals surface area contributed by atoms with Gasteiger partial charge < -0.3 is 10.6 Å². The lowest BCUT2D eigenvalue weighted by Gasteiger charge is -2.19. The minimum absolute atomic E-state index is 0.169. The van der Waals surface area contributed by atoms with Crippen molar-refractivity contribution in [3.05, 3.63) is 37.2 Å². The van der Waals surface area contributed by atoms with E-state index in [0.29, 0.717) is 24.5 Å². The van der Waals surface area contributed by atoms with E-state index in [9.17, 15) is 4.79 Å². The summed E-state index contributed by atoms with van der Waals surface area (Å²) in [4.78, 5) is 13.7. The van der Waals surface area contributed by atoms with Gasteiger partial charge in [-0.1, -0.05) is 12.2 Å². The molecule has 0 bridgehead atoms. The first kappa shape index (κ1) is 12.0. The molecule has 0 aromatic carbocycles. The second-order valence-corrected chi connectivity index (χ2v) is 3.36. The molecule has 5 nitrogen and oxygen atoms in total. The topological polar surface area (TPSA) is 64.2 Å². The summed E-state index contributed by atoms with van der Waals surface area (Å²) >= 11 is 0. The molecule has 2 N–H and O–H groups in total. The fourth-order valence-electron chi connectivity index (χ4n) is 1.42. The van der Waals surface area contributed by atoms with E-state index in [1.54, 1.807) is 24.1 Å². The van der Waals surface area contributed by atoms with Crippen LogP contribution in [0.2, 0.25) is 0 Å². The van der Waals surface area contributed by atoms with Crippen molar-refractivity contribution < 1.29 is 4.79 Å². The molecule has 1 rings (SSSR count). The number of nitrogens with two attached hydrogens (primary N) is 1. The summed E-state index contributed by atoms with van der Waals surface area (Å²) in [5, 5.41) is 3.93. The first-order valence-electron chi connectivity index (χ1n) is 4.90. The molecule has 0 aliphatic rings. The Bertz CT molecular complexity index is 379. The number of nitrogens with zero attached hydrogens (tertiary/aromatic N) is 3. The fraction of sp³-hybridized carbons (Fsp3) is 0.273. The average Bonchev–Trinajstić information content (AvgIpc) is 2.57. The second kappa shape index (κ2) is 5.16. The summed E-state index contributed by atoms with van der Waals surface area (Å²) in [5.74, 6) is -0.169. The third-order valence-corrected chi connectivity index (χ3v) is 2.16. The van der Waals surface area contributed by atoms with E-state index in [2.05, 4.69) is 18.3 Å². The maximum Gasteiger partial charge on any atom is 0.274 e. The number of hydrogen-bond donors (Lipinski definition) is 1. The Morgan fingerprint density at radius 3 is 2.50 bits per heavy atom. The van der Waals surface area contributed by atoms with E-state index >= 15 is 0 Å². The van der Waals surface area contributed by atoms with Crippen molar-refractivity contribution in [1.82, 2.24) is 14.7 Å². The van der Waals surface area contributed by atoms with Gasteiger partial charge in [0.25, 0.3) is 5.91 Å². The number of aromatic nitrogens is 2. The van der Waals surface area contributed by atoms with Crippen LogP contribution in [0.4, 0.5) is 5.69 Å². The SMILES string of the molecule is C=CCN(CC=C)C(=O)c1c(N)cnn1C. The van der Waals surface area contributed by atoms with E-state index in [0.717, 1.165) is 0 Å². The largest absolute Gasteiger partial charge is 0.396 e. The quantitative estimate of drug-likeness (QED) is 0.747. The molecule has 86 valence electrons. The van der Waals surface area contributed by atoms with E-state index in [1.807, 2.05) is 0 Å². The monoisotopic (exact) mass is 220 g/mol. The summed E-state index contributed by atoms with van der Waals surface area (Å²) in [6.07, 6.45) is 4.79. The maximum atomic E-state index is 12.1. The van der Waals surface area contributed by atoms with Gasteiger partial charge >= 0.3 is 0 Å². The summed E-state index contributed by atoms with van der Waals surface area (Å²) in [5.41, 5.74) is 6.46. The van der Waals surface area contributed by atoms with Crippen molar-refractivity contribution in [3.8, 4) is 0 Å². The Labute approximate surface area is 94.8 Å². The van der Waals surface area contributed by atoms with Gasteiger partial charge in [0.1, 0.15) is 5.69 Å². The number of aryl methyl sites for hydroxylation is 1. The molecule has 0 radical (unpaired) electrons. The molecule has 0 aliphatic heterocycles. The van der Waals surface area contributed by atoms with Crippen molar-refractivity contribution >= 4 is 11.6 Å². The van der Waals surface area contributed by atoms with Crippen LogP contribution in [0.5, 0.6) is 0 Å². The van der Waals surface area contributed by atoms with Crippen molar-refractivity contribution in [2.24, 2.45) is 7.05 Å². The van der Waals surface area contributed by atoms with Crippen molar-refractivity contribution in [2.75, 3.05) is 18.8 Å². The lowest BCUT2D eigenvalue weighted by Crippen LogP contribution is -2.33. The average molecular weight is 220 g/mol. The van der Waals surface area contributed by atoms with Gasteiger partial charge in [-0.2, -0.15) is 5.10 Å². The molecule has 1 amide bonds. The smallest absolute Gasteiger partial charge is 0.274 e. The van der Waals surface area contributed by atoms with Gasteiger partial charge in [-0.3, -0.25) is 9.48 Å². The Morgan fingerprint density at radius 2 is 2.12 bits per heavy atom. The fourth-order valence-corrected chi connectivity index (χ4v) is 1.42. The molecule has 1 aromatic heterocycles. The lowest BCUT2D eigenvalue weighted by molar-refractivity contribution is 0.0781. The lowest BCUT2D eigenvalue weighted by atomic mass is 10.3. The number of carbonyl (C=O) groups excluding carboxylic acids is 1. The predicted octanol–water partition coefficient (Wildman–Crippen LogP) is 0.816. The summed E-state index contributed by atoms with van der Waals surface area (Å²) in [6, 6.07) is 0. The molecular weight excluding hydrogens is 204 g/mol. The Kier molecular flexibility index (Phi) is 3.88. The molecule has 0 unspecified atom stereocenters. The van der Waals surface area contributed by atoms with E-state index in [4.69, 9.17) is 5.73 Å². The third-order valence-electron chi connectivity index (χ3n) is 2.16. The standard InChI is InChI=1S/C11H16N4O/c1-4-6-15(7-5-2)11(16)10-9(12)8-13-14(10)3/h4-5,8H,1-2,6-7,12H2,3H3. The molecule has 0 spiro atoms. The van der Waals surface area contributed by atoms with Crippen LogP contribution in [0.15, 0.2) is 31.5 Å². The van der Waals surface area contributed by atoms with Crippen LogP contribution in [-0.2, 0) is 7.05 Å².